The van der Waals surface area contributed by atoms with E-state index in [0.29, 0.717) is 6.54 Å². The van der Waals surface area contributed by atoms with Gasteiger partial charge in [0.05, 0.1) is 11.4 Å². The highest BCUT2D eigenvalue weighted by Gasteiger charge is 2.13. The molecule has 1 aromatic rings. The summed E-state index contributed by atoms with van der Waals surface area (Å²) in [5.74, 6) is -0.000460. The van der Waals surface area contributed by atoms with Gasteiger partial charge in [0.1, 0.15) is 0 Å². The average Bonchev–Trinajstić information content (AvgIpc) is 2.36. The molecule has 1 rings (SSSR count). The normalized spacial score (nSPS) is 13.7. The number of hydrogen-bond acceptors (Lipinski definition) is 3. The second-order valence-corrected chi connectivity index (χ2v) is 5.45. The molecule has 0 heterocycles. The van der Waals surface area contributed by atoms with E-state index < -0.39 is 6.10 Å². The molecule has 98 valence electrons. The van der Waals surface area contributed by atoms with Crippen LogP contribution < -0.4 is 5.32 Å². The second-order valence-electron chi connectivity index (χ2n) is 4.04. The summed E-state index contributed by atoms with van der Waals surface area (Å²) in [6.45, 7) is 7.64. The van der Waals surface area contributed by atoms with Gasteiger partial charge in [0.2, 0.25) is 5.91 Å². The molecule has 0 spiro atoms. The fraction of sp³-hybridized carbons (Fsp3) is 0.357. The monoisotopic (exact) mass is 265 g/mol. The Morgan fingerprint density at radius 2 is 2.06 bits per heavy atom. The van der Waals surface area contributed by atoms with Gasteiger partial charge in [-0.15, -0.1) is 18.3 Å². The first-order valence-corrected chi connectivity index (χ1v) is 6.76. The Bertz CT molecular complexity index is 401. The van der Waals surface area contributed by atoms with E-state index in [2.05, 4.69) is 11.9 Å². The van der Waals surface area contributed by atoms with Crippen LogP contribution in [0, 0.1) is 0 Å². The Morgan fingerprint density at radius 1 is 1.44 bits per heavy atom. The highest BCUT2D eigenvalue weighted by Crippen LogP contribution is 2.24. The molecule has 0 saturated carbocycles. The first-order chi connectivity index (χ1) is 8.54. The summed E-state index contributed by atoms with van der Waals surface area (Å²) >= 11 is 1.49. The second kappa shape index (κ2) is 7.24. The third kappa shape index (κ3) is 4.55. The Morgan fingerprint density at radius 3 is 2.56 bits per heavy atom. The average molecular weight is 265 g/mol. The van der Waals surface area contributed by atoms with Gasteiger partial charge < -0.3 is 10.4 Å². The van der Waals surface area contributed by atoms with E-state index in [9.17, 15) is 9.90 Å². The van der Waals surface area contributed by atoms with Crippen molar-refractivity contribution in [3.05, 3.63) is 42.5 Å². The van der Waals surface area contributed by atoms with E-state index in [-0.39, 0.29) is 11.2 Å². The summed E-state index contributed by atoms with van der Waals surface area (Å²) in [6.07, 6.45) is 1.20. The van der Waals surface area contributed by atoms with E-state index in [0.717, 1.165) is 10.5 Å². The third-order valence-corrected chi connectivity index (χ3v) is 3.58. The van der Waals surface area contributed by atoms with E-state index >= 15 is 0 Å². The van der Waals surface area contributed by atoms with Gasteiger partial charge in [-0.25, -0.2) is 0 Å². The molecule has 18 heavy (non-hydrogen) atoms. The van der Waals surface area contributed by atoms with Crippen molar-refractivity contribution < 1.29 is 9.90 Å². The van der Waals surface area contributed by atoms with Crippen molar-refractivity contribution in [2.75, 3.05) is 6.54 Å². The number of aliphatic hydroxyl groups excluding tert-OH is 1. The molecule has 0 radical (unpaired) electrons. The number of benzene rings is 1. The van der Waals surface area contributed by atoms with Crippen molar-refractivity contribution in [3.63, 3.8) is 0 Å². The van der Waals surface area contributed by atoms with E-state index in [4.69, 9.17) is 0 Å². The van der Waals surface area contributed by atoms with Crippen LogP contribution in [0.2, 0.25) is 0 Å². The zero-order valence-corrected chi connectivity index (χ0v) is 11.5. The number of carbonyl (C=O) groups excluding carboxylic acids is 1. The van der Waals surface area contributed by atoms with Crippen molar-refractivity contribution in [3.8, 4) is 0 Å². The van der Waals surface area contributed by atoms with Crippen molar-refractivity contribution >= 4 is 17.7 Å². The molecular weight excluding hydrogens is 246 g/mol. The Labute approximate surface area is 112 Å². The van der Waals surface area contributed by atoms with Gasteiger partial charge in [0.25, 0.3) is 0 Å². The maximum atomic E-state index is 11.7. The summed E-state index contributed by atoms with van der Waals surface area (Å²) in [7, 11) is 0. The van der Waals surface area contributed by atoms with Crippen LogP contribution in [-0.4, -0.2) is 22.8 Å². The quantitative estimate of drug-likeness (QED) is 0.614. The smallest absolute Gasteiger partial charge is 0.233 e. The van der Waals surface area contributed by atoms with Crippen LogP contribution in [0.15, 0.2) is 41.8 Å². The fourth-order valence-corrected chi connectivity index (χ4v) is 2.29. The largest absolute Gasteiger partial charge is 0.389 e. The number of amides is 1. The van der Waals surface area contributed by atoms with Crippen molar-refractivity contribution in [1.82, 2.24) is 5.32 Å². The van der Waals surface area contributed by atoms with Crippen LogP contribution in [-0.2, 0) is 4.79 Å². The van der Waals surface area contributed by atoms with Crippen LogP contribution in [0.5, 0.6) is 0 Å². The summed E-state index contributed by atoms with van der Waals surface area (Å²) in [4.78, 5) is 12.7. The molecular formula is C14H19NO2S. The number of hydrogen-bond donors (Lipinski definition) is 2. The van der Waals surface area contributed by atoms with E-state index in [1.807, 2.05) is 31.2 Å². The predicted molar refractivity (Wildman–Crippen MR) is 75.6 cm³/mol. The number of rotatable bonds is 6. The van der Waals surface area contributed by atoms with Crippen molar-refractivity contribution in [2.24, 2.45) is 0 Å². The molecule has 4 heteroatoms. The van der Waals surface area contributed by atoms with Crippen LogP contribution in [0.3, 0.4) is 0 Å². The van der Waals surface area contributed by atoms with Gasteiger partial charge in [0, 0.05) is 11.4 Å². The summed E-state index contributed by atoms with van der Waals surface area (Å²) < 4.78 is 0. The lowest BCUT2D eigenvalue weighted by molar-refractivity contribution is -0.120. The lowest BCUT2D eigenvalue weighted by atomic mass is 10.1. The van der Waals surface area contributed by atoms with Crippen LogP contribution >= 0.6 is 11.8 Å². The van der Waals surface area contributed by atoms with Crippen LogP contribution in [0.1, 0.15) is 25.5 Å². The predicted octanol–water partition coefficient (Wildman–Crippen LogP) is 2.52. The number of carbonyl (C=O) groups is 1. The maximum Gasteiger partial charge on any atom is 0.233 e. The minimum Gasteiger partial charge on any atom is -0.389 e. The molecule has 0 aliphatic carbocycles. The zero-order chi connectivity index (χ0) is 13.5. The van der Waals surface area contributed by atoms with E-state index in [1.165, 1.54) is 11.8 Å². The Hall–Kier alpha value is -1.26. The molecule has 0 aliphatic heterocycles. The first-order valence-electron chi connectivity index (χ1n) is 5.88. The molecule has 0 aliphatic rings. The number of aliphatic hydroxyl groups is 1. The lowest BCUT2D eigenvalue weighted by Gasteiger charge is -2.11. The Balaban J connectivity index is 2.56. The summed E-state index contributed by atoms with van der Waals surface area (Å²) in [5.41, 5.74) is 0.878. The third-order valence-electron chi connectivity index (χ3n) is 2.47. The molecule has 0 fully saturated rings. The molecule has 2 atom stereocenters. The summed E-state index contributed by atoms with van der Waals surface area (Å²) in [6, 6.07) is 7.59. The van der Waals surface area contributed by atoms with Crippen molar-refractivity contribution in [1.29, 1.82) is 0 Å². The van der Waals surface area contributed by atoms with Gasteiger partial charge in [-0.05, 0) is 31.5 Å². The molecule has 2 unspecified atom stereocenters. The maximum absolute atomic E-state index is 11.7. The number of nitrogens with one attached hydrogen (secondary N) is 1. The molecule has 0 bridgehead atoms. The highest BCUT2D eigenvalue weighted by atomic mass is 32.2. The zero-order valence-electron chi connectivity index (χ0n) is 10.7. The van der Waals surface area contributed by atoms with Crippen LogP contribution in [0.4, 0.5) is 0 Å². The molecule has 0 aromatic heterocycles. The van der Waals surface area contributed by atoms with E-state index in [1.54, 1.807) is 13.0 Å². The van der Waals surface area contributed by atoms with Gasteiger partial charge in [-0.1, -0.05) is 18.2 Å². The van der Waals surface area contributed by atoms with Gasteiger partial charge >= 0.3 is 0 Å². The number of thioether (sulfide) groups is 1. The van der Waals surface area contributed by atoms with Gasteiger partial charge in [0.15, 0.2) is 0 Å². The first kappa shape index (κ1) is 14.8. The van der Waals surface area contributed by atoms with Gasteiger partial charge in [-0.3, -0.25) is 4.79 Å². The molecule has 3 nitrogen and oxygen atoms in total. The fourth-order valence-electron chi connectivity index (χ4n) is 1.40. The Kier molecular flexibility index (Phi) is 5.95. The minimum atomic E-state index is -0.461. The standard InChI is InChI=1S/C14H19NO2S/c1-4-9-15-14(17)11(3)18-13-7-5-12(6-8-13)10(2)16/h4-8,10-11,16H,1,9H2,2-3H3,(H,15,17). The minimum absolute atomic E-state index is 0.000460. The molecule has 0 saturated heterocycles. The van der Waals surface area contributed by atoms with Crippen molar-refractivity contribution in [2.45, 2.75) is 30.1 Å². The molecule has 1 amide bonds. The van der Waals surface area contributed by atoms with Crippen LogP contribution in [0.25, 0.3) is 0 Å². The molecule has 1 aromatic carbocycles. The summed E-state index contributed by atoms with van der Waals surface area (Å²) in [5, 5.41) is 12.0. The molecule has 2 N–H and O–H groups in total. The topological polar surface area (TPSA) is 49.3 Å². The lowest BCUT2D eigenvalue weighted by Crippen LogP contribution is -2.30. The van der Waals surface area contributed by atoms with Gasteiger partial charge in [-0.2, -0.15) is 0 Å². The SMILES string of the molecule is C=CCNC(=O)C(C)Sc1ccc(C(C)O)cc1. The highest BCUT2D eigenvalue weighted by molar-refractivity contribution is 8.00.